The van der Waals surface area contributed by atoms with Crippen LogP contribution < -0.4 is 0 Å². The standard InChI is InChI=1S/C7H14OS/c1-3-7(9,4-2)5-6-8/h6,9H,3-5H2,1-2H3. The van der Waals surface area contributed by atoms with Gasteiger partial charge >= 0.3 is 0 Å². The second-order valence-corrected chi connectivity index (χ2v) is 3.25. The Labute approximate surface area is 62.2 Å². The second-order valence-electron chi connectivity index (χ2n) is 2.30. The van der Waals surface area contributed by atoms with Crippen LogP contribution in [0.15, 0.2) is 0 Å². The normalized spacial score (nSPS) is 11.4. The summed E-state index contributed by atoms with van der Waals surface area (Å²) in [5, 5.41) is 0. The van der Waals surface area contributed by atoms with Crippen LogP contribution in [0.25, 0.3) is 0 Å². The summed E-state index contributed by atoms with van der Waals surface area (Å²) in [6.45, 7) is 4.11. The van der Waals surface area contributed by atoms with E-state index in [9.17, 15) is 4.79 Å². The first kappa shape index (κ1) is 9.02. The lowest BCUT2D eigenvalue weighted by Crippen LogP contribution is -2.19. The van der Waals surface area contributed by atoms with Gasteiger partial charge in [0.15, 0.2) is 0 Å². The first-order valence-electron chi connectivity index (χ1n) is 3.34. The van der Waals surface area contributed by atoms with Crippen molar-refractivity contribution in [1.82, 2.24) is 0 Å². The molecule has 0 aliphatic heterocycles. The Morgan fingerprint density at radius 1 is 1.44 bits per heavy atom. The summed E-state index contributed by atoms with van der Waals surface area (Å²) in [6.07, 6.45) is 3.44. The van der Waals surface area contributed by atoms with Gasteiger partial charge in [0.25, 0.3) is 0 Å². The highest BCUT2D eigenvalue weighted by molar-refractivity contribution is 7.81. The predicted octanol–water partition coefficient (Wildman–Crippen LogP) is 2.06. The van der Waals surface area contributed by atoms with Crippen molar-refractivity contribution in [1.29, 1.82) is 0 Å². The molecule has 0 spiro atoms. The molecular formula is C7H14OS. The average Bonchev–Trinajstić information content (AvgIpc) is 1.89. The molecule has 0 N–H and O–H groups in total. The molecule has 54 valence electrons. The number of thiol groups is 1. The van der Waals surface area contributed by atoms with E-state index >= 15 is 0 Å². The quantitative estimate of drug-likeness (QED) is 0.474. The SMILES string of the molecule is CCC(S)(CC)CC=O. The van der Waals surface area contributed by atoms with Crippen molar-refractivity contribution in [3.05, 3.63) is 0 Å². The molecule has 0 unspecified atom stereocenters. The van der Waals surface area contributed by atoms with E-state index in [1.807, 2.05) is 0 Å². The van der Waals surface area contributed by atoms with Crippen molar-refractivity contribution in [2.75, 3.05) is 0 Å². The fourth-order valence-electron chi connectivity index (χ4n) is 0.694. The van der Waals surface area contributed by atoms with Gasteiger partial charge in [-0.3, -0.25) is 0 Å². The van der Waals surface area contributed by atoms with E-state index in [1.165, 1.54) is 0 Å². The highest BCUT2D eigenvalue weighted by Gasteiger charge is 2.19. The first-order chi connectivity index (χ1) is 4.18. The van der Waals surface area contributed by atoms with Crippen LogP contribution in [0.2, 0.25) is 0 Å². The van der Waals surface area contributed by atoms with Crippen molar-refractivity contribution < 1.29 is 4.79 Å². The molecule has 0 atom stereocenters. The van der Waals surface area contributed by atoms with Crippen molar-refractivity contribution in [2.24, 2.45) is 0 Å². The zero-order valence-corrected chi connectivity index (χ0v) is 6.95. The smallest absolute Gasteiger partial charge is 0.121 e. The van der Waals surface area contributed by atoms with Crippen molar-refractivity contribution in [3.8, 4) is 0 Å². The highest BCUT2D eigenvalue weighted by Crippen LogP contribution is 2.25. The summed E-state index contributed by atoms with van der Waals surface area (Å²) < 4.78 is -0.0399. The van der Waals surface area contributed by atoms with Gasteiger partial charge in [-0.05, 0) is 12.8 Å². The summed E-state index contributed by atoms with van der Waals surface area (Å²) in [6, 6.07) is 0. The predicted molar refractivity (Wildman–Crippen MR) is 43.0 cm³/mol. The van der Waals surface area contributed by atoms with Crippen molar-refractivity contribution >= 4 is 18.9 Å². The molecular weight excluding hydrogens is 132 g/mol. The van der Waals surface area contributed by atoms with E-state index in [4.69, 9.17) is 0 Å². The lowest BCUT2D eigenvalue weighted by molar-refractivity contribution is -0.108. The molecule has 0 saturated carbocycles. The fourth-order valence-corrected chi connectivity index (χ4v) is 0.768. The number of carbonyl (C=O) groups is 1. The third-order valence-electron chi connectivity index (χ3n) is 1.78. The first-order valence-corrected chi connectivity index (χ1v) is 3.79. The topological polar surface area (TPSA) is 17.1 Å². The minimum absolute atomic E-state index is 0.0399. The van der Waals surface area contributed by atoms with Crippen LogP contribution in [0, 0.1) is 0 Å². The second kappa shape index (κ2) is 3.94. The van der Waals surface area contributed by atoms with Crippen LogP contribution in [0.5, 0.6) is 0 Å². The third-order valence-corrected chi connectivity index (χ3v) is 2.59. The molecule has 0 bridgehead atoms. The van der Waals surface area contributed by atoms with E-state index in [2.05, 4.69) is 26.5 Å². The maximum Gasteiger partial charge on any atom is 0.121 e. The molecule has 0 fully saturated rings. The van der Waals surface area contributed by atoms with Crippen molar-refractivity contribution in [2.45, 2.75) is 37.9 Å². The molecule has 0 amide bonds. The molecule has 2 heteroatoms. The molecule has 0 rings (SSSR count). The summed E-state index contributed by atoms with van der Waals surface area (Å²) in [4.78, 5) is 10.1. The molecule has 0 aromatic carbocycles. The van der Waals surface area contributed by atoms with Gasteiger partial charge in [-0.2, -0.15) is 12.6 Å². The lowest BCUT2D eigenvalue weighted by Gasteiger charge is -2.21. The van der Waals surface area contributed by atoms with Gasteiger partial charge in [-0.15, -0.1) is 0 Å². The largest absolute Gasteiger partial charge is 0.303 e. The van der Waals surface area contributed by atoms with Gasteiger partial charge in [0.05, 0.1) is 0 Å². The molecule has 0 aromatic heterocycles. The average molecular weight is 146 g/mol. The molecule has 0 aliphatic rings. The van der Waals surface area contributed by atoms with E-state index < -0.39 is 0 Å². The van der Waals surface area contributed by atoms with Gasteiger partial charge < -0.3 is 4.79 Å². The van der Waals surface area contributed by atoms with Gasteiger partial charge in [0.1, 0.15) is 6.29 Å². The van der Waals surface area contributed by atoms with Gasteiger partial charge in [0, 0.05) is 11.2 Å². The number of hydrogen-bond donors (Lipinski definition) is 1. The minimum Gasteiger partial charge on any atom is -0.303 e. The van der Waals surface area contributed by atoms with Gasteiger partial charge in [-0.25, -0.2) is 0 Å². The number of carbonyl (C=O) groups excluding carboxylic acids is 1. The Morgan fingerprint density at radius 3 is 2.00 bits per heavy atom. The van der Waals surface area contributed by atoms with E-state index in [0.29, 0.717) is 6.42 Å². The highest BCUT2D eigenvalue weighted by atomic mass is 32.1. The Kier molecular flexibility index (Phi) is 3.95. The maximum absolute atomic E-state index is 10.1. The number of rotatable bonds is 4. The third kappa shape index (κ3) is 2.89. The van der Waals surface area contributed by atoms with Gasteiger partial charge in [-0.1, -0.05) is 13.8 Å². The lowest BCUT2D eigenvalue weighted by atomic mass is 9.99. The van der Waals surface area contributed by atoms with Crippen molar-refractivity contribution in [3.63, 3.8) is 0 Å². The van der Waals surface area contributed by atoms with Crippen LogP contribution in [0.3, 0.4) is 0 Å². The van der Waals surface area contributed by atoms with Crippen LogP contribution in [0.4, 0.5) is 0 Å². The van der Waals surface area contributed by atoms with E-state index in [0.717, 1.165) is 19.1 Å². The molecule has 1 nitrogen and oxygen atoms in total. The molecule has 0 saturated heterocycles. The molecule has 0 radical (unpaired) electrons. The zero-order chi connectivity index (χ0) is 7.33. The minimum atomic E-state index is -0.0399. The summed E-state index contributed by atoms with van der Waals surface area (Å²) >= 11 is 4.37. The fraction of sp³-hybridized carbons (Fsp3) is 0.857. The Bertz CT molecular complexity index is 86.9. The number of aldehydes is 1. The van der Waals surface area contributed by atoms with Crippen LogP contribution in [0.1, 0.15) is 33.1 Å². The summed E-state index contributed by atoms with van der Waals surface area (Å²) in [5.74, 6) is 0. The summed E-state index contributed by atoms with van der Waals surface area (Å²) in [7, 11) is 0. The monoisotopic (exact) mass is 146 g/mol. The Morgan fingerprint density at radius 2 is 1.89 bits per heavy atom. The van der Waals surface area contributed by atoms with Crippen LogP contribution in [-0.4, -0.2) is 11.0 Å². The molecule has 0 heterocycles. The molecule has 0 aliphatic carbocycles. The van der Waals surface area contributed by atoms with E-state index in [-0.39, 0.29) is 4.75 Å². The Hall–Kier alpha value is 0.0200. The maximum atomic E-state index is 10.1. The van der Waals surface area contributed by atoms with E-state index in [1.54, 1.807) is 0 Å². The van der Waals surface area contributed by atoms with Gasteiger partial charge in [0.2, 0.25) is 0 Å². The zero-order valence-electron chi connectivity index (χ0n) is 6.05. The molecule has 0 aromatic rings. The Balaban J connectivity index is 3.75. The summed E-state index contributed by atoms with van der Waals surface area (Å²) in [5.41, 5.74) is 0. The van der Waals surface area contributed by atoms with Crippen LogP contribution >= 0.6 is 12.6 Å². The molecule has 9 heavy (non-hydrogen) atoms. The van der Waals surface area contributed by atoms with Crippen LogP contribution in [-0.2, 0) is 4.79 Å². The number of hydrogen-bond acceptors (Lipinski definition) is 2.